The molecule has 0 aliphatic heterocycles. The van der Waals surface area contributed by atoms with Crippen molar-refractivity contribution in [1.82, 2.24) is 5.32 Å². The van der Waals surface area contributed by atoms with Crippen LogP contribution in [0.3, 0.4) is 0 Å². The minimum Gasteiger partial charge on any atom is -0.496 e. The van der Waals surface area contributed by atoms with Gasteiger partial charge in [-0.1, -0.05) is 6.07 Å². The Hall–Kier alpha value is -3.82. The Morgan fingerprint density at radius 3 is 2.61 bits per heavy atom. The number of hydrogen-bond acceptors (Lipinski definition) is 7. The van der Waals surface area contributed by atoms with Crippen molar-refractivity contribution in [1.29, 1.82) is 0 Å². The maximum absolute atomic E-state index is 13.3. The number of methoxy groups -OCH3 is 1. The predicted octanol–water partition coefficient (Wildman–Crippen LogP) is 1.90. The lowest BCUT2D eigenvalue weighted by atomic mass is 10.1. The van der Waals surface area contributed by atoms with Gasteiger partial charge in [0.2, 0.25) is 5.78 Å². The molecule has 0 aromatic heterocycles. The molecule has 0 aliphatic carbocycles. The van der Waals surface area contributed by atoms with Crippen LogP contribution in [0.5, 0.6) is 5.75 Å². The van der Waals surface area contributed by atoms with Crippen molar-refractivity contribution in [3.8, 4) is 5.75 Å². The second-order valence-electron chi connectivity index (χ2n) is 5.42. The quantitative estimate of drug-likeness (QED) is 0.316. The standard InChI is InChI=1S/C18H15FN2O7/c1-27-16-6-5-12(19)8-14(16)15(22)10-28-17(23)9-20-18(24)11-3-2-4-13(7-11)21(25)26/h2-8H,9-10H2,1H3,(H,20,24). The van der Waals surface area contributed by atoms with Crippen LogP contribution in [0.4, 0.5) is 10.1 Å². The van der Waals surface area contributed by atoms with Crippen molar-refractivity contribution in [2.24, 2.45) is 0 Å². The van der Waals surface area contributed by atoms with Crippen molar-refractivity contribution in [2.45, 2.75) is 0 Å². The summed E-state index contributed by atoms with van der Waals surface area (Å²) in [5.74, 6) is -2.85. The fraction of sp³-hybridized carbons (Fsp3) is 0.167. The Labute approximate surface area is 158 Å². The summed E-state index contributed by atoms with van der Waals surface area (Å²) in [6, 6.07) is 8.29. The van der Waals surface area contributed by atoms with Crippen LogP contribution in [-0.2, 0) is 9.53 Å². The Morgan fingerprint density at radius 1 is 1.18 bits per heavy atom. The first-order valence-corrected chi connectivity index (χ1v) is 7.87. The molecule has 10 heteroatoms. The first-order valence-electron chi connectivity index (χ1n) is 7.87. The van der Waals surface area contributed by atoms with Gasteiger partial charge < -0.3 is 14.8 Å². The van der Waals surface area contributed by atoms with Gasteiger partial charge >= 0.3 is 5.97 Å². The molecule has 0 fully saturated rings. The summed E-state index contributed by atoms with van der Waals surface area (Å²) in [6.07, 6.45) is 0. The van der Waals surface area contributed by atoms with Crippen LogP contribution >= 0.6 is 0 Å². The zero-order chi connectivity index (χ0) is 20.7. The number of carbonyl (C=O) groups excluding carboxylic acids is 3. The molecule has 0 saturated carbocycles. The molecule has 0 bridgehead atoms. The van der Waals surface area contributed by atoms with Crippen LogP contribution in [0.25, 0.3) is 0 Å². The minimum absolute atomic E-state index is 0.0115. The number of ketones is 1. The molecule has 146 valence electrons. The van der Waals surface area contributed by atoms with E-state index in [1.807, 2.05) is 0 Å². The molecule has 0 atom stereocenters. The molecular formula is C18H15FN2O7. The van der Waals surface area contributed by atoms with Gasteiger partial charge in [-0.05, 0) is 24.3 Å². The topological polar surface area (TPSA) is 125 Å². The molecule has 0 radical (unpaired) electrons. The molecule has 9 nitrogen and oxygen atoms in total. The third-order valence-corrected chi connectivity index (χ3v) is 3.54. The van der Waals surface area contributed by atoms with E-state index in [1.165, 1.54) is 31.4 Å². The number of nitrogens with one attached hydrogen (secondary N) is 1. The van der Waals surface area contributed by atoms with Crippen LogP contribution in [0, 0.1) is 15.9 Å². The van der Waals surface area contributed by atoms with Crippen LogP contribution in [0.2, 0.25) is 0 Å². The third kappa shape index (κ3) is 5.34. The van der Waals surface area contributed by atoms with E-state index in [0.717, 1.165) is 18.2 Å². The number of ether oxygens (including phenoxy) is 2. The van der Waals surface area contributed by atoms with Crippen molar-refractivity contribution in [2.75, 3.05) is 20.3 Å². The summed E-state index contributed by atoms with van der Waals surface area (Å²) < 4.78 is 23.0. The highest BCUT2D eigenvalue weighted by Gasteiger charge is 2.17. The number of nitro benzene ring substituents is 1. The molecular weight excluding hydrogens is 375 g/mol. The van der Waals surface area contributed by atoms with E-state index in [9.17, 15) is 28.9 Å². The second kappa shape index (κ2) is 9.21. The zero-order valence-electron chi connectivity index (χ0n) is 14.6. The van der Waals surface area contributed by atoms with Crippen molar-refractivity contribution in [3.63, 3.8) is 0 Å². The largest absolute Gasteiger partial charge is 0.496 e. The minimum atomic E-state index is -0.914. The Balaban J connectivity index is 1.88. The van der Waals surface area contributed by atoms with E-state index in [1.54, 1.807) is 0 Å². The molecule has 2 aromatic rings. The highest BCUT2D eigenvalue weighted by atomic mass is 19.1. The maximum atomic E-state index is 13.3. The number of benzene rings is 2. The van der Waals surface area contributed by atoms with E-state index < -0.39 is 41.6 Å². The predicted molar refractivity (Wildman–Crippen MR) is 93.7 cm³/mol. The maximum Gasteiger partial charge on any atom is 0.325 e. The van der Waals surface area contributed by atoms with Crippen molar-refractivity contribution < 1.29 is 33.2 Å². The molecule has 1 N–H and O–H groups in total. The molecule has 2 rings (SSSR count). The molecule has 28 heavy (non-hydrogen) atoms. The van der Waals surface area contributed by atoms with Crippen LogP contribution in [0.15, 0.2) is 42.5 Å². The van der Waals surface area contributed by atoms with E-state index in [-0.39, 0.29) is 22.6 Å². The third-order valence-electron chi connectivity index (χ3n) is 3.54. The van der Waals surface area contributed by atoms with E-state index >= 15 is 0 Å². The summed E-state index contributed by atoms with van der Waals surface area (Å²) in [4.78, 5) is 45.8. The smallest absolute Gasteiger partial charge is 0.325 e. The second-order valence-corrected chi connectivity index (χ2v) is 5.42. The summed E-state index contributed by atoms with van der Waals surface area (Å²) >= 11 is 0. The number of carbonyl (C=O) groups is 3. The van der Waals surface area contributed by atoms with Crippen LogP contribution in [-0.4, -0.2) is 42.8 Å². The number of non-ortho nitro benzene ring substituents is 1. The molecule has 1 amide bonds. The van der Waals surface area contributed by atoms with E-state index in [4.69, 9.17) is 9.47 Å². The molecule has 0 unspecified atom stereocenters. The highest BCUT2D eigenvalue weighted by molar-refractivity contribution is 6.00. The average Bonchev–Trinajstić information content (AvgIpc) is 2.70. The van der Waals surface area contributed by atoms with Crippen molar-refractivity contribution >= 4 is 23.3 Å². The number of nitrogens with zero attached hydrogens (tertiary/aromatic N) is 1. The first-order chi connectivity index (χ1) is 13.3. The fourth-order valence-electron chi connectivity index (χ4n) is 2.19. The lowest BCUT2D eigenvalue weighted by Crippen LogP contribution is -2.31. The molecule has 2 aromatic carbocycles. The van der Waals surface area contributed by atoms with Gasteiger partial charge in [-0.25, -0.2) is 4.39 Å². The SMILES string of the molecule is COc1ccc(F)cc1C(=O)COC(=O)CNC(=O)c1cccc([N+](=O)[O-])c1. The Morgan fingerprint density at radius 2 is 1.93 bits per heavy atom. The van der Waals surface area contributed by atoms with Gasteiger partial charge in [-0.3, -0.25) is 24.5 Å². The van der Waals surface area contributed by atoms with Crippen LogP contribution in [0.1, 0.15) is 20.7 Å². The number of Topliss-reactive ketones (excluding diaryl/α,β-unsaturated/α-hetero) is 1. The molecule has 0 aliphatic rings. The molecule has 0 saturated heterocycles. The Kier molecular flexibility index (Phi) is 6.74. The van der Waals surface area contributed by atoms with Crippen LogP contribution < -0.4 is 10.1 Å². The monoisotopic (exact) mass is 390 g/mol. The van der Waals surface area contributed by atoms with Gasteiger partial charge in [0.15, 0.2) is 6.61 Å². The van der Waals surface area contributed by atoms with Gasteiger partial charge in [0, 0.05) is 17.7 Å². The van der Waals surface area contributed by atoms with Gasteiger partial charge in [-0.15, -0.1) is 0 Å². The highest BCUT2D eigenvalue weighted by Crippen LogP contribution is 2.20. The first kappa shape index (κ1) is 20.5. The summed E-state index contributed by atoms with van der Waals surface area (Å²) in [5.41, 5.74) is -0.372. The number of nitro groups is 1. The van der Waals surface area contributed by atoms with Gasteiger partial charge in [0.1, 0.15) is 18.1 Å². The summed E-state index contributed by atoms with van der Waals surface area (Å²) in [5, 5.41) is 12.9. The summed E-state index contributed by atoms with van der Waals surface area (Å²) in [7, 11) is 1.31. The average molecular weight is 390 g/mol. The van der Waals surface area contributed by atoms with E-state index in [2.05, 4.69) is 5.32 Å². The van der Waals surface area contributed by atoms with E-state index in [0.29, 0.717) is 0 Å². The number of halogens is 1. The summed E-state index contributed by atoms with van der Waals surface area (Å²) in [6.45, 7) is -1.24. The normalized spacial score (nSPS) is 10.1. The zero-order valence-corrected chi connectivity index (χ0v) is 14.6. The van der Waals surface area contributed by atoms with Crippen molar-refractivity contribution in [3.05, 3.63) is 69.5 Å². The van der Waals surface area contributed by atoms with Gasteiger partial charge in [-0.2, -0.15) is 0 Å². The fourth-order valence-corrected chi connectivity index (χ4v) is 2.19. The van der Waals surface area contributed by atoms with Gasteiger partial charge in [0.25, 0.3) is 11.6 Å². The number of esters is 1. The lowest BCUT2D eigenvalue weighted by Gasteiger charge is -2.09. The number of hydrogen-bond donors (Lipinski definition) is 1. The number of rotatable bonds is 8. The molecule has 0 heterocycles. The number of amides is 1. The van der Waals surface area contributed by atoms with Gasteiger partial charge in [0.05, 0.1) is 17.6 Å². The Bertz CT molecular complexity index is 930. The molecule has 0 spiro atoms. The lowest BCUT2D eigenvalue weighted by molar-refractivity contribution is -0.384.